The first-order valence-electron chi connectivity index (χ1n) is 14.5. The van der Waals surface area contributed by atoms with Crippen LogP contribution in [0.15, 0.2) is 111 Å². The summed E-state index contributed by atoms with van der Waals surface area (Å²) in [4.78, 5) is 22.8. The Morgan fingerprint density at radius 3 is 2.23 bits per heavy atom. The van der Waals surface area contributed by atoms with Gasteiger partial charge in [0, 0.05) is 39.2 Å². The second-order valence-corrected chi connectivity index (χ2v) is 12.9. The lowest BCUT2D eigenvalue weighted by molar-refractivity contribution is -0.140. The van der Waals surface area contributed by atoms with Gasteiger partial charge in [-0.3, -0.25) is 4.79 Å². The quantitative estimate of drug-likeness (QED) is 0.104. The predicted octanol–water partition coefficient (Wildman–Crippen LogP) is 8.25. The third-order valence-electron chi connectivity index (χ3n) is 7.95. The Bertz CT molecular complexity index is 1560. The zero-order chi connectivity index (χ0) is 28.3. The van der Waals surface area contributed by atoms with Crippen LogP contribution in [0.5, 0.6) is 5.75 Å². The van der Waals surface area contributed by atoms with Crippen molar-refractivity contribution in [3.05, 3.63) is 91.0 Å². The molecule has 222 valence electrons. The molecule has 0 saturated carbocycles. The number of para-hydroxylation sites is 4. The number of anilines is 4. The number of rotatable bonds is 8. The standard InChI is InChI=1S/C34H33N3O3S2.ClH/c38-34(40-28-13-7-17-32-33(28)35-25-10-1-4-14-29(25)41-32)24-9-8-18-36(23-24)19-21-39-22-20-37-26-11-2-5-15-30(26)42-31-16-6-3-12-27(31)37;/h1-7,10-17,24,35H,8-9,18-23H2;1H/t24-;/m1./s1. The molecule has 3 aliphatic rings. The minimum absolute atomic E-state index is 0. The zero-order valence-corrected chi connectivity index (χ0v) is 26.2. The van der Waals surface area contributed by atoms with Crippen molar-refractivity contribution in [1.82, 2.24) is 4.90 Å². The van der Waals surface area contributed by atoms with E-state index in [9.17, 15) is 4.79 Å². The number of halogens is 1. The molecule has 0 unspecified atom stereocenters. The van der Waals surface area contributed by atoms with Crippen LogP contribution in [0.3, 0.4) is 0 Å². The molecular formula is C34H34ClN3O3S2. The van der Waals surface area contributed by atoms with Gasteiger partial charge in [-0.1, -0.05) is 66.0 Å². The highest BCUT2D eigenvalue weighted by molar-refractivity contribution is 8.00. The van der Waals surface area contributed by atoms with Gasteiger partial charge in [0.2, 0.25) is 0 Å². The highest BCUT2D eigenvalue weighted by Crippen LogP contribution is 2.49. The highest BCUT2D eigenvalue weighted by atomic mass is 35.5. The number of nitrogens with one attached hydrogen (secondary N) is 1. The largest absolute Gasteiger partial charge is 0.424 e. The molecule has 0 aromatic heterocycles. The third-order valence-corrected chi connectivity index (χ3v) is 10.2. The number of carbonyl (C=O) groups is 1. The molecule has 1 saturated heterocycles. The molecule has 3 aliphatic heterocycles. The summed E-state index contributed by atoms with van der Waals surface area (Å²) in [6.45, 7) is 4.56. The molecule has 0 spiro atoms. The van der Waals surface area contributed by atoms with Crippen LogP contribution in [-0.4, -0.2) is 50.3 Å². The molecule has 43 heavy (non-hydrogen) atoms. The van der Waals surface area contributed by atoms with Crippen molar-refractivity contribution in [3.63, 3.8) is 0 Å². The molecule has 4 aromatic rings. The van der Waals surface area contributed by atoms with Crippen molar-refractivity contribution >= 4 is 64.6 Å². The van der Waals surface area contributed by atoms with Gasteiger partial charge in [-0.15, -0.1) is 12.4 Å². The fraction of sp³-hybridized carbons (Fsp3) is 0.265. The Hall–Kier alpha value is -3.14. The van der Waals surface area contributed by atoms with E-state index in [2.05, 4.69) is 75.8 Å². The number of carbonyl (C=O) groups excluding carboxylic acids is 1. The summed E-state index contributed by atoms with van der Waals surface area (Å²) in [5, 5.41) is 3.47. The average Bonchev–Trinajstić information content (AvgIpc) is 3.03. The second kappa shape index (κ2) is 13.7. The summed E-state index contributed by atoms with van der Waals surface area (Å²) < 4.78 is 12.1. The van der Waals surface area contributed by atoms with Crippen LogP contribution in [0, 0.1) is 5.92 Å². The Labute approximate surface area is 267 Å². The van der Waals surface area contributed by atoms with E-state index in [1.165, 1.54) is 26.1 Å². The van der Waals surface area contributed by atoms with E-state index in [4.69, 9.17) is 9.47 Å². The number of hydrogen-bond donors (Lipinski definition) is 1. The van der Waals surface area contributed by atoms with Crippen LogP contribution < -0.4 is 15.0 Å². The van der Waals surface area contributed by atoms with Crippen LogP contribution in [0.2, 0.25) is 0 Å². The maximum Gasteiger partial charge on any atom is 0.315 e. The Morgan fingerprint density at radius 2 is 1.44 bits per heavy atom. The lowest BCUT2D eigenvalue weighted by atomic mass is 9.98. The Balaban J connectivity index is 0.00000329. The van der Waals surface area contributed by atoms with E-state index in [-0.39, 0.29) is 24.3 Å². The third kappa shape index (κ3) is 6.54. The maximum absolute atomic E-state index is 13.3. The van der Waals surface area contributed by atoms with E-state index in [1.54, 1.807) is 11.8 Å². The average molecular weight is 632 g/mol. The topological polar surface area (TPSA) is 54.0 Å². The minimum Gasteiger partial charge on any atom is -0.424 e. The van der Waals surface area contributed by atoms with Crippen molar-refractivity contribution < 1.29 is 14.3 Å². The molecule has 3 heterocycles. The van der Waals surface area contributed by atoms with Gasteiger partial charge in [0.05, 0.1) is 41.9 Å². The second-order valence-electron chi connectivity index (χ2n) is 10.7. The first-order valence-corrected chi connectivity index (χ1v) is 16.2. The lowest BCUT2D eigenvalue weighted by Gasteiger charge is -2.33. The Morgan fingerprint density at radius 1 is 0.791 bits per heavy atom. The molecule has 9 heteroatoms. The fourth-order valence-corrected chi connectivity index (χ4v) is 7.94. The van der Waals surface area contributed by atoms with Gasteiger partial charge in [0.15, 0.2) is 5.75 Å². The highest BCUT2D eigenvalue weighted by Gasteiger charge is 2.29. The minimum atomic E-state index is -0.153. The molecule has 7 rings (SSSR count). The summed E-state index contributed by atoms with van der Waals surface area (Å²) in [6.07, 6.45) is 1.83. The van der Waals surface area contributed by atoms with Crippen molar-refractivity contribution in [2.75, 3.05) is 49.6 Å². The first kappa shape index (κ1) is 29.9. The van der Waals surface area contributed by atoms with Crippen LogP contribution in [0.25, 0.3) is 0 Å². The summed E-state index contributed by atoms with van der Waals surface area (Å²) in [5.41, 5.74) is 4.38. The van der Waals surface area contributed by atoms with Crippen LogP contribution in [-0.2, 0) is 9.53 Å². The summed E-state index contributed by atoms with van der Waals surface area (Å²) in [5.74, 6) is 0.302. The van der Waals surface area contributed by atoms with Gasteiger partial charge in [0.1, 0.15) is 0 Å². The molecule has 0 radical (unpaired) electrons. The molecule has 1 atom stereocenters. The summed E-state index contributed by atoms with van der Waals surface area (Å²) >= 11 is 3.52. The summed E-state index contributed by atoms with van der Waals surface area (Å²) in [7, 11) is 0. The van der Waals surface area contributed by atoms with E-state index in [0.29, 0.717) is 25.5 Å². The maximum atomic E-state index is 13.3. The van der Waals surface area contributed by atoms with Gasteiger partial charge in [-0.05, 0) is 67.9 Å². The normalized spacial score (nSPS) is 16.9. The van der Waals surface area contributed by atoms with Crippen LogP contribution >= 0.6 is 35.9 Å². The van der Waals surface area contributed by atoms with Gasteiger partial charge in [0.25, 0.3) is 0 Å². The number of nitrogens with zero attached hydrogens (tertiary/aromatic N) is 2. The number of piperidine rings is 1. The van der Waals surface area contributed by atoms with Crippen LogP contribution in [0.1, 0.15) is 12.8 Å². The molecule has 4 aromatic carbocycles. The monoisotopic (exact) mass is 631 g/mol. The van der Waals surface area contributed by atoms with Crippen molar-refractivity contribution in [1.29, 1.82) is 0 Å². The number of esters is 1. The smallest absolute Gasteiger partial charge is 0.315 e. The van der Waals surface area contributed by atoms with Gasteiger partial charge in [-0.2, -0.15) is 0 Å². The van der Waals surface area contributed by atoms with E-state index < -0.39 is 0 Å². The lowest BCUT2D eigenvalue weighted by Crippen LogP contribution is -2.41. The number of hydrogen-bond acceptors (Lipinski definition) is 8. The van der Waals surface area contributed by atoms with Gasteiger partial charge in [-0.25, -0.2) is 0 Å². The Kier molecular flexibility index (Phi) is 9.50. The van der Waals surface area contributed by atoms with E-state index >= 15 is 0 Å². The van der Waals surface area contributed by atoms with Gasteiger partial charge < -0.3 is 24.6 Å². The number of fused-ring (bicyclic) bond motifs is 4. The fourth-order valence-electron chi connectivity index (χ4n) is 5.83. The van der Waals surface area contributed by atoms with Gasteiger partial charge >= 0.3 is 5.97 Å². The molecule has 1 N–H and O–H groups in total. The van der Waals surface area contributed by atoms with Crippen molar-refractivity contribution in [2.45, 2.75) is 32.4 Å². The van der Waals surface area contributed by atoms with E-state index in [1.807, 2.05) is 42.1 Å². The molecule has 0 amide bonds. The first-order chi connectivity index (χ1) is 20.7. The summed E-state index contributed by atoms with van der Waals surface area (Å²) in [6, 6.07) is 31.2. The number of ether oxygens (including phenoxy) is 2. The van der Waals surface area contributed by atoms with Crippen molar-refractivity contribution in [2.24, 2.45) is 5.92 Å². The number of benzene rings is 4. The number of likely N-dealkylation sites (tertiary alicyclic amines) is 1. The molecule has 0 bridgehead atoms. The predicted molar refractivity (Wildman–Crippen MR) is 177 cm³/mol. The SMILES string of the molecule is Cl.O=C(Oc1cccc2c1Nc1ccccc1S2)[C@@H]1CCCN(CCOCCN2c3ccccc3Sc3ccccc32)C1. The molecule has 0 aliphatic carbocycles. The van der Waals surface area contributed by atoms with E-state index in [0.717, 1.165) is 48.7 Å². The van der Waals surface area contributed by atoms with Crippen LogP contribution in [0.4, 0.5) is 22.7 Å². The van der Waals surface area contributed by atoms with Crippen molar-refractivity contribution in [3.8, 4) is 5.75 Å². The molecule has 6 nitrogen and oxygen atoms in total. The molecule has 1 fully saturated rings. The molecular weight excluding hydrogens is 598 g/mol. The zero-order valence-electron chi connectivity index (χ0n) is 23.7.